The van der Waals surface area contributed by atoms with E-state index in [4.69, 9.17) is 23.2 Å². The number of hydrogen-bond donors (Lipinski definition) is 1. The Balaban J connectivity index is 1.92. The molecule has 2 aromatic rings. The Hall–Kier alpha value is -1.07. The maximum atomic E-state index is 12.1. The van der Waals surface area contributed by atoms with Gasteiger partial charge in [0.25, 0.3) is 0 Å². The first-order valence-electron chi connectivity index (χ1n) is 6.62. The molecule has 0 saturated carbocycles. The molecular formula is C16H15BrCl2N2O. The summed E-state index contributed by atoms with van der Waals surface area (Å²) in [7, 11) is 1.88. The van der Waals surface area contributed by atoms with Gasteiger partial charge in [0.05, 0.1) is 22.3 Å². The fourth-order valence-corrected chi connectivity index (χ4v) is 2.75. The van der Waals surface area contributed by atoms with E-state index in [2.05, 4.69) is 21.2 Å². The normalized spacial score (nSPS) is 10.8. The molecule has 0 saturated heterocycles. The standard InChI is InChI=1S/C16H15BrCl2N2O/c1-21(9-11-5-7-12(17)8-6-11)10-15(22)20-16-13(18)3-2-4-14(16)19/h2-8H,9-10H2,1H3,(H,20,22). The molecule has 0 atom stereocenters. The Morgan fingerprint density at radius 3 is 2.32 bits per heavy atom. The maximum absolute atomic E-state index is 12.1. The van der Waals surface area contributed by atoms with E-state index in [1.807, 2.05) is 36.2 Å². The number of nitrogens with zero attached hydrogens (tertiary/aromatic N) is 1. The summed E-state index contributed by atoms with van der Waals surface area (Å²) in [6.07, 6.45) is 0. The molecule has 3 nitrogen and oxygen atoms in total. The van der Waals surface area contributed by atoms with E-state index >= 15 is 0 Å². The van der Waals surface area contributed by atoms with E-state index in [9.17, 15) is 4.79 Å². The second-order valence-electron chi connectivity index (χ2n) is 4.94. The summed E-state index contributed by atoms with van der Waals surface area (Å²) in [5, 5.41) is 3.61. The van der Waals surface area contributed by atoms with Gasteiger partial charge in [-0.1, -0.05) is 57.3 Å². The predicted molar refractivity (Wildman–Crippen MR) is 95.6 cm³/mol. The van der Waals surface area contributed by atoms with Gasteiger partial charge in [-0.05, 0) is 36.9 Å². The van der Waals surface area contributed by atoms with Gasteiger partial charge in [-0.15, -0.1) is 0 Å². The fraction of sp³-hybridized carbons (Fsp3) is 0.188. The molecule has 1 amide bonds. The van der Waals surface area contributed by atoms with Crippen molar-refractivity contribution in [3.63, 3.8) is 0 Å². The SMILES string of the molecule is CN(CC(=O)Nc1c(Cl)cccc1Cl)Cc1ccc(Br)cc1. The molecule has 0 aromatic heterocycles. The van der Waals surface area contributed by atoms with Crippen molar-refractivity contribution in [2.45, 2.75) is 6.54 Å². The Morgan fingerprint density at radius 2 is 1.73 bits per heavy atom. The molecule has 0 radical (unpaired) electrons. The van der Waals surface area contributed by atoms with Crippen LogP contribution < -0.4 is 5.32 Å². The topological polar surface area (TPSA) is 32.3 Å². The minimum Gasteiger partial charge on any atom is -0.322 e. The maximum Gasteiger partial charge on any atom is 0.238 e. The van der Waals surface area contributed by atoms with Gasteiger partial charge in [0.2, 0.25) is 5.91 Å². The van der Waals surface area contributed by atoms with Crippen LogP contribution in [0.3, 0.4) is 0 Å². The van der Waals surface area contributed by atoms with E-state index < -0.39 is 0 Å². The molecule has 0 heterocycles. The van der Waals surface area contributed by atoms with Crippen LogP contribution in [-0.4, -0.2) is 24.4 Å². The zero-order valence-electron chi connectivity index (χ0n) is 11.9. The van der Waals surface area contributed by atoms with Crippen molar-refractivity contribution >= 4 is 50.7 Å². The van der Waals surface area contributed by atoms with Crippen LogP contribution in [-0.2, 0) is 11.3 Å². The number of carbonyl (C=O) groups excluding carboxylic acids is 1. The van der Waals surface area contributed by atoms with Gasteiger partial charge in [-0.2, -0.15) is 0 Å². The molecular weight excluding hydrogens is 387 g/mol. The summed E-state index contributed by atoms with van der Waals surface area (Å²) in [4.78, 5) is 14.0. The van der Waals surface area contributed by atoms with E-state index in [1.54, 1.807) is 18.2 Å². The average molecular weight is 402 g/mol. The van der Waals surface area contributed by atoms with Crippen molar-refractivity contribution in [3.05, 3.63) is 62.5 Å². The Kier molecular flexibility index (Phi) is 6.26. The van der Waals surface area contributed by atoms with Crippen molar-refractivity contribution in [3.8, 4) is 0 Å². The number of amides is 1. The predicted octanol–water partition coefficient (Wildman–Crippen LogP) is 4.83. The molecule has 116 valence electrons. The van der Waals surface area contributed by atoms with Gasteiger partial charge in [0, 0.05) is 11.0 Å². The molecule has 0 aliphatic heterocycles. The number of anilines is 1. The number of hydrogen-bond acceptors (Lipinski definition) is 2. The van der Waals surface area contributed by atoms with E-state index in [-0.39, 0.29) is 12.5 Å². The highest BCUT2D eigenvalue weighted by atomic mass is 79.9. The number of benzene rings is 2. The van der Waals surface area contributed by atoms with Gasteiger partial charge in [0.1, 0.15) is 0 Å². The van der Waals surface area contributed by atoms with Crippen molar-refractivity contribution in [2.24, 2.45) is 0 Å². The number of halogens is 3. The summed E-state index contributed by atoms with van der Waals surface area (Å²) >= 11 is 15.5. The highest BCUT2D eigenvalue weighted by Crippen LogP contribution is 2.29. The van der Waals surface area contributed by atoms with Gasteiger partial charge < -0.3 is 5.32 Å². The zero-order valence-corrected chi connectivity index (χ0v) is 15.0. The fourth-order valence-electron chi connectivity index (χ4n) is 2.00. The van der Waals surface area contributed by atoms with Crippen LogP contribution in [0, 0.1) is 0 Å². The third-order valence-corrected chi connectivity index (χ3v) is 4.17. The number of rotatable bonds is 5. The smallest absolute Gasteiger partial charge is 0.238 e. The molecule has 0 bridgehead atoms. The van der Waals surface area contributed by atoms with Gasteiger partial charge in [-0.3, -0.25) is 9.69 Å². The van der Waals surface area contributed by atoms with E-state index in [0.717, 1.165) is 10.0 Å². The first-order chi connectivity index (χ1) is 10.5. The minimum absolute atomic E-state index is 0.158. The monoisotopic (exact) mass is 400 g/mol. The van der Waals surface area contributed by atoms with Crippen LogP contribution in [0.4, 0.5) is 5.69 Å². The lowest BCUT2D eigenvalue weighted by Gasteiger charge is -2.17. The lowest BCUT2D eigenvalue weighted by molar-refractivity contribution is -0.117. The second-order valence-corrected chi connectivity index (χ2v) is 6.67. The molecule has 0 aliphatic rings. The number of carbonyl (C=O) groups is 1. The van der Waals surface area contributed by atoms with Crippen LogP contribution in [0.5, 0.6) is 0 Å². The Morgan fingerprint density at radius 1 is 1.14 bits per heavy atom. The van der Waals surface area contributed by atoms with Crippen LogP contribution in [0.25, 0.3) is 0 Å². The highest BCUT2D eigenvalue weighted by Gasteiger charge is 2.11. The average Bonchev–Trinajstić information content (AvgIpc) is 2.45. The molecule has 6 heteroatoms. The molecule has 0 aliphatic carbocycles. The second kappa shape index (κ2) is 7.97. The van der Waals surface area contributed by atoms with Crippen molar-refractivity contribution < 1.29 is 4.79 Å². The lowest BCUT2D eigenvalue weighted by atomic mass is 10.2. The number of para-hydroxylation sites is 1. The Labute approximate surface area is 148 Å². The van der Waals surface area contributed by atoms with E-state index in [0.29, 0.717) is 22.3 Å². The number of likely N-dealkylation sites (N-methyl/N-ethyl adjacent to an activating group) is 1. The summed E-state index contributed by atoms with van der Waals surface area (Å²) in [6, 6.07) is 13.1. The largest absolute Gasteiger partial charge is 0.322 e. The lowest BCUT2D eigenvalue weighted by Crippen LogP contribution is -2.30. The zero-order chi connectivity index (χ0) is 16.1. The van der Waals surface area contributed by atoms with Crippen molar-refractivity contribution in [2.75, 3.05) is 18.9 Å². The molecule has 2 aromatic carbocycles. The highest BCUT2D eigenvalue weighted by molar-refractivity contribution is 9.10. The molecule has 22 heavy (non-hydrogen) atoms. The van der Waals surface area contributed by atoms with Crippen LogP contribution in [0.15, 0.2) is 46.9 Å². The minimum atomic E-state index is -0.158. The van der Waals surface area contributed by atoms with Crippen LogP contribution in [0.1, 0.15) is 5.56 Å². The molecule has 1 N–H and O–H groups in total. The van der Waals surface area contributed by atoms with Crippen molar-refractivity contribution in [1.82, 2.24) is 4.90 Å². The third-order valence-electron chi connectivity index (χ3n) is 3.01. The van der Waals surface area contributed by atoms with Crippen LogP contribution in [0.2, 0.25) is 10.0 Å². The van der Waals surface area contributed by atoms with Crippen LogP contribution >= 0.6 is 39.1 Å². The first kappa shape index (κ1) is 17.3. The Bertz CT molecular complexity index is 641. The quantitative estimate of drug-likeness (QED) is 0.778. The summed E-state index contributed by atoms with van der Waals surface area (Å²) < 4.78 is 1.03. The van der Waals surface area contributed by atoms with Gasteiger partial charge >= 0.3 is 0 Å². The summed E-state index contributed by atoms with van der Waals surface area (Å²) in [5.74, 6) is -0.158. The molecule has 0 fully saturated rings. The van der Waals surface area contributed by atoms with Crippen molar-refractivity contribution in [1.29, 1.82) is 0 Å². The molecule has 2 rings (SSSR count). The third kappa shape index (κ3) is 4.99. The number of nitrogens with one attached hydrogen (secondary N) is 1. The van der Waals surface area contributed by atoms with E-state index in [1.165, 1.54) is 0 Å². The molecule has 0 spiro atoms. The van der Waals surface area contributed by atoms with Gasteiger partial charge in [-0.25, -0.2) is 0 Å². The summed E-state index contributed by atoms with van der Waals surface area (Å²) in [6.45, 7) is 0.925. The first-order valence-corrected chi connectivity index (χ1v) is 8.17. The molecule has 0 unspecified atom stereocenters. The van der Waals surface area contributed by atoms with Gasteiger partial charge in [0.15, 0.2) is 0 Å². The summed E-state index contributed by atoms with van der Waals surface area (Å²) in [5.41, 5.74) is 1.59.